The number of fused-ring (bicyclic) bond motifs is 5. The molecule has 0 spiro atoms. The first-order valence-corrected chi connectivity index (χ1v) is 21.3. The molecule has 0 aliphatic carbocycles. The number of rotatable bonds is 14. The minimum atomic E-state index is -5.08. The molecule has 1 aliphatic heterocycles. The number of unbranched alkanes of at least 4 members (excludes halogenated alkanes) is 1. The maximum Gasteiger partial charge on any atom is 0.490 e. The van der Waals surface area contributed by atoms with Gasteiger partial charge >= 0.3 is 48.6 Å². The van der Waals surface area contributed by atoms with Gasteiger partial charge in [-0.2, -0.15) is 52.7 Å². The largest absolute Gasteiger partial charge is 0.508 e. The zero-order valence-electron chi connectivity index (χ0n) is 39.1. The van der Waals surface area contributed by atoms with E-state index in [4.69, 9.17) is 62.5 Å². The summed E-state index contributed by atoms with van der Waals surface area (Å²) >= 11 is 0. The van der Waals surface area contributed by atoms with E-state index < -0.39 is 90.5 Å². The van der Waals surface area contributed by atoms with Gasteiger partial charge in [0.2, 0.25) is 23.6 Å². The number of alkyl halides is 12. The Morgan fingerprint density at radius 1 is 0.618 bits per heavy atom. The Bertz CT molecular complexity index is 2140. The van der Waals surface area contributed by atoms with Crippen LogP contribution in [0.4, 0.5) is 52.7 Å². The molecular weight excluding hydrogens is 1070 g/mol. The lowest BCUT2D eigenvalue weighted by molar-refractivity contribution is -0.193. The number of aliphatic hydroxyl groups excluding tert-OH is 1. The second-order valence-corrected chi connectivity index (χ2v) is 15.4. The molecule has 76 heavy (non-hydrogen) atoms. The van der Waals surface area contributed by atoms with E-state index in [1.807, 2.05) is 0 Å². The molecule has 2 aromatic carbocycles. The number of amides is 4. The number of carbonyl (C=O) groups excluding carboxylic acids is 4. The first-order valence-electron chi connectivity index (χ1n) is 21.3. The number of nitrogens with two attached hydrogens (primary N) is 4. The second kappa shape index (κ2) is 32.9. The van der Waals surface area contributed by atoms with Gasteiger partial charge in [0.15, 0.2) is 0 Å². The Labute approximate surface area is 420 Å². The molecule has 0 saturated carbocycles. The number of carbonyl (C=O) groups is 8. The molecule has 19 N–H and O–H groups in total. The van der Waals surface area contributed by atoms with Crippen LogP contribution in [0, 0.1) is 0 Å². The van der Waals surface area contributed by atoms with Crippen LogP contribution in [0.5, 0.6) is 11.5 Å². The third-order valence-corrected chi connectivity index (χ3v) is 9.15. The molecule has 4 bridgehead atoms. The number of aliphatic carboxylic acids is 4. The van der Waals surface area contributed by atoms with Gasteiger partial charge in [0, 0.05) is 38.4 Å². The lowest BCUT2D eigenvalue weighted by atomic mass is 9.95. The minimum Gasteiger partial charge on any atom is -0.508 e. The van der Waals surface area contributed by atoms with Crippen LogP contribution in [-0.2, 0) is 51.2 Å². The van der Waals surface area contributed by atoms with Crippen LogP contribution < -0.4 is 44.2 Å². The molecule has 0 saturated heterocycles. The number of benzene rings is 2. The van der Waals surface area contributed by atoms with E-state index in [0.717, 1.165) is 12.8 Å². The van der Waals surface area contributed by atoms with E-state index in [2.05, 4.69) is 21.3 Å². The molecule has 3 rings (SSSR count). The zero-order valence-corrected chi connectivity index (χ0v) is 39.1. The molecule has 1 aliphatic rings. The Kier molecular flexibility index (Phi) is 30.7. The number of carboxylic acid groups (broad SMARTS) is 4. The lowest BCUT2D eigenvalue weighted by Gasteiger charge is -2.25. The molecule has 432 valence electrons. The molecule has 0 radical (unpaired) electrons. The molecule has 1 unspecified atom stereocenters. The van der Waals surface area contributed by atoms with Gasteiger partial charge in [-0.3, -0.25) is 19.2 Å². The summed E-state index contributed by atoms with van der Waals surface area (Å²) in [6.45, 7) is 0.399. The van der Waals surface area contributed by atoms with Crippen LogP contribution in [0.2, 0.25) is 0 Å². The second-order valence-electron chi connectivity index (χ2n) is 15.4. The van der Waals surface area contributed by atoms with Crippen LogP contribution >= 0.6 is 0 Å². The van der Waals surface area contributed by atoms with Crippen LogP contribution in [-0.4, -0.2) is 164 Å². The average molecular weight is 1130 g/mol. The highest BCUT2D eigenvalue weighted by Gasteiger charge is 2.40. The first kappa shape index (κ1) is 70.8. The van der Waals surface area contributed by atoms with E-state index in [1.165, 1.54) is 12.1 Å². The van der Waals surface area contributed by atoms with Gasteiger partial charge in [-0.05, 0) is 85.3 Å². The van der Waals surface area contributed by atoms with Gasteiger partial charge in [0.05, 0.1) is 12.1 Å². The van der Waals surface area contributed by atoms with Gasteiger partial charge in [0.1, 0.15) is 23.6 Å². The Morgan fingerprint density at radius 2 is 1.01 bits per heavy atom. The predicted octanol–water partition coefficient (Wildman–Crippen LogP) is 0.872. The van der Waals surface area contributed by atoms with Crippen molar-refractivity contribution >= 4 is 47.5 Å². The summed E-state index contributed by atoms with van der Waals surface area (Å²) in [5, 5.41) is 70.7. The highest BCUT2D eigenvalue weighted by atomic mass is 19.4. The fourth-order valence-electron chi connectivity index (χ4n) is 5.37. The van der Waals surface area contributed by atoms with Crippen molar-refractivity contribution in [3.8, 4) is 22.6 Å². The first-order chi connectivity index (χ1) is 34.7. The molecule has 4 amide bonds. The number of hydrogen-bond donors (Lipinski definition) is 15. The van der Waals surface area contributed by atoms with Crippen molar-refractivity contribution in [3.63, 3.8) is 0 Å². The Morgan fingerprint density at radius 3 is 1.41 bits per heavy atom. The number of aromatic hydroxyl groups is 2. The van der Waals surface area contributed by atoms with E-state index >= 15 is 0 Å². The smallest absolute Gasteiger partial charge is 0.490 e. The molecule has 0 fully saturated rings. The van der Waals surface area contributed by atoms with Crippen molar-refractivity contribution in [2.24, 2.45) is 22.9 Å². The summed E-state index contributed by atoms with van der Waals surface area (Å²) < 4.78 is 127. The van der Waals surface area contributed by atoms with Gasteiger partial charge in [-0.25, -0.2) is 19.2 Å². The standard InChI is InChI=1S/C33H50N8O7.4C2HF3O2/c34-10-2-1-4-23(36)16-30(45)38-17-24(42)18-39-32(47)27-15-22-13-20(7-9-29(22)44)19-6-8-28(43)21(12-19)14-25(37)31(46)40-26(5-3-11-35)33(48)41-27;4*3-2(4,5)1(6)7/h6-9,12-13,23-27,42-44H,1-5,10-11,14-18,34-37H2,(H,38,45)(H,39,47)(H,40,46)(H,41,48);4*(H,6,7)/t23-,24?,25-,26-,27-;;;;/m0..../s1. The number of carboxylic acids is 4. The van der Waals surface area contributed by atoms with Crippen LogP contribution in [0.3, 0.4) is 0 Å². The van der Waals surface area contributed by atoms with Crippen molar-refractivity contribution in [2.75, 3.05) is 26.2 Å². The SMILES string of the molecule is NCCCC[C@H](N)CC(=O)NCC(O)CNC(=O)[C@@H]1Cc2cc(ccc2O)-c2ccc(O)c(c2)C[C@H](N)C(=O)N[C@@H](CCCN)C(=O)N1.O=C(O)C(F)(F)F.O=C(O)C(F)(F)F.O=C(O)C(F)(F)F.O=C(O)C(F)(F)F. The van der Waals surface area contributed by atoms with Crippen molar-refractivity contribution < 1.29 is 127 Å². The Balaban J connectivity index is 0. The maximum absolute atomic E-state index is 13.5. The molecular formula is C41H54F12N8O15. The Hall–Kier alpha value is -7.24. The van der Waals surface area contributed by atoms with Crippen molar-refractivity contribution in [2.45, 2.75) is 106 Å². The highest BCUT2D eigenvalue weighted by Crippen LogP contribution is 2.31. The number of hydrogen-bond acceptors (Lipinski definition) is 15. The van der Waals surface area contributed by atoms with Gasteiger partial charge < -0.3 is 79.9 Å². The predicted molar refractivity (Wildman–Crippen MR) is 235 cm³/mol. The molecule has 35 heteroatoms. The molecule has 0 aromatic heterocycles. The lowest BCUT2D eigenvalue weighted by Crippen LogP contribution is -2.57. The van der Waals surface area contributed by atoms with Crippen LogP contribution in [0.25, 0.3) is 11.1 Å². The zero-order chi connectivity index (χ0) is 59.5. The average Bonchev–Trinajstić information content (AvgIpc) is 3.29. The fourth-order valence-corrected chi connectivity index (χ4v) is 5.37. The van der Waals surface area contributed by atoms with Gasteiger partial charge in [-0.15, -0.1) is 0 Å². The van der Waals surface area contributed by atoms with Crippen LogP contribution in [0.15, 0.2) is 36.4 Å². The highest BCUT2D eigenvalue weighted by molar-refractivity contribution is 5.93. The van der Waals surface area contributed by atoms with E-state index in [0.29, 0.717) is 41.6 Å². The number of phenols is 2. The number of aliphatic hydroxyl groups is 1. The summed E-state index contributed by atoms with van der Waals surface area (Å²) in [4.78, 5) is 87.9. The number of nitrogens with one attached hydrogen (secondary N) is 4. The van der Waals surface area contributed by atoms with Crippen molar-refractivity contribution in [1.82, 2.24) is 21.3 Å². The molecule has 5 atom stereocenters. The maximum atomic E-state index is 13.5. The van der Waals surface area contributed by atoms with Crippen LogP contribution in [0.1, 0.15) is 49.7 Å². The number of halogens is 12. The van der Waals surface area contributed by atoms with Gasteiger partial charge in [0.25, 0.3) is 0 Å². The van der Waals surface area contributed by atoms with E-state index in [9.17, 15) is 87.2 Å². The summed E-state index contributed by atoms with van der Waals surface area (Å²) in [6.07, 6.45) is -18.7. The molecule has 1 heterocycles. The molecule has 23 nitrogen and oxygen atoms in total. The topological polar surface area (TPSA) is 430 Å². The third-order valence-electron chi connectivity index (χ3n) is 9.15. The minimum absolute atomic E-state index is 0.0168. The molecule has 2 aromatic rings. The summed E-state index contributed by atoms with van der Waals surface area (Å²) in [6, 6.07) is 5.86. The summed E-state index contributed by atoms with van der Waals surface area (Å²) in [7, 11) is 0. The van der Waals surface area contributed by atoms with E-state index in [-0.39, 0.29) is 68.8 Å². The summed E-state index contributed by atoms with van der Waals surface area (Å²) in [5.41, 5.74) is 25.4. The van der Waals surface area contributed by atoms with Crippen molar-refractivity contribution in [3.05, 3.63) is 47.5 Å². The third kappa shape index (κ3) is 30.2. The normalized spacial score (nSPS) is 16.5. The van der Waals surface area contributed by atoms with Crippen molar-refractivity contribution in [1.29, 1.82) is 0 Å². The summed E-state index contributed by atoms with van der Waals surface area (Å²) in [5.74, 6) is -13.5. The quantitative estimate of drug-likeness (QED) is 0.0922. The monoisotopic (exact) mass is 1130 g/mol. The fraction of sp³-hybridized carbons (Fsp3) is 0.512. The van der Waals surface area contributed by atoms with Gasteiger partial charge in [-0.1, -0.05) is 18.6 Å². The van der Waals surface area contributed by atoms with E-state index in [1.54, 1.807) is 24.3 Å². The number of phenolic OH excluding ortho intramolecular Hbond substituents is 2.